The highest BCUT2D eigenvalue weighted by molar-refractivity contribution is 6.76. The van der Waals surface area contributed by atoms with Crippen LogP contribution in [0.5, 0.6) is 0 Å². The Hall–Kier alpha value is -1.17. The first kappa shape index (κ1) is 14.2. The van der Waals surface area contributed by atoms with Gasteiger partial charge in [-0.3, -0.25) is 0 Å². The van der Waals surface area contributed by atoms with Gasteiger partial charge in [0.05, 0.1) is 18.3 Å². The lowest BCUT2D eigenvalue weighted by molar-refractivity contribution is 0.0817. The van der Waals surface area contributed by atoms with Crippen molar-refractivity contribution < 1.29 is 9.84 Å². The summed E-state index contributed by atoms with van der Waals surface area (Å²) in [5, 5.41) is 14.5. The van der Waals surface area contributed by atoms with Crippen molar-refractivity contribution in [3.63, 3.8) is 0 Å². The molecule has 0 amide bonds. The number of hydrogen-bond donors (Lipinski definition) is 1. The number of ether oxygens (including phenoxy) is 1. The Bertz CT molecular complexity index is 546. The van der Waals surface area contributed by atoms with Crippen molar-refractivity contribution >= 4 is 19.0 Å². The summed E-state index contributed by atoms with van der Waals surface area (Å²) in [5.74, 6) is 0. The van der Waals surface area contributed by atoms with Crippen LogP contribution in [0.4, 0.5) is 0 Å². The molecule has 0 fully saturated rings. The summed E-state index contributed by atoms with van der Waals surface area (Å²) in [4.78, 5) is 0. The number of hydrogen-bond acceptors (Lipinski definition) is 3. The van der Waals surface area contributed by atoms with E-state index in [1.807, 2.05) is 29.1 Å². The summed E-state index contributed by atoms with van der Waals surface area (Å²) in [6.07, 6.45) is 1.82. The van der Waals surface area contributed by atoms with E-state index in [0.717, 1.165) is 23.1 Å². The van der Waals surface area contributed by atoms with E-state index in [9.17, 15) is 0 Å². The van der Waals surface area contributed by atoms with Crippen LogP contribution in [0.25, 0.3) is 10.9 Å². The van der Waals surface area contributed by atoms with Crippen LogP contribution in [0, 0.1) is 0 Å². The molecule has 1 aromatic carbocycles. The molecule has 1 N–H and O–H groups in total. The molecule has 5 heteroatoms. The Balaban J connectivity index is 1.98. The van der Waals surface area contributed by atoms with E-state index in [1.165, 1.54) is 6.04 Å². The first-order valence-electron chi connectivity index (χ1n) is 6.63. The first-order chi connectivity index (χ1) is 8.99. The SMILES string of the molecule is C[Si](C)(C)CCOCn1ncc2cc(CO)ccc21. The highest BCUT2D eigenvalue weighted by Crippen LogP contribution is 2.16. The predicted octanol–water partition coefficient (Wildman–Crippen LogP) is 2.84. The van der Waals surface area contributed by atoms with E-state index >= 15 is 0 Å². The van der Waals surface area contributed by atoms with Crippen LogP contribution in [0.3, 0.4) is 0 Å². The van der Waals surface area contributed by atoms with Gasteiger partial charge in [0.15, 0.2) is 0 Å². The molecule has 0 atom stereocenters. The van der Waals surface area contributed by atoms with Crippen molar-refractivity contribution in [1.29, 1.82) is 0 Å². The molecule has 104 valence electrons. The van der Waals surface area contributed by atoms with Crippen molar-refractivity contribution in [3.8, 4) is 0 Å². The van der Waals surface area contributed by atoms with Gasteiger partial charge < -0.3 is 9.84 Å². The van der Waals surface area contributed by atoms with E-state index in [2.05, 4.69) is 24.7 Å². The smallest absolute Gasteiger partial charge is 0.139 e. The zero-order chi connectivity index (χ0) is 13.9. The van der Waals surface area contributed by atoms with Crippen LogP contribution in [0.2, 0.25) is 25.7 Å². The Morgan fingerprint density at radius 2 is 2.11 bits per heavy atom. The van der Waals surface area contributed by atoms with Gasteiger partial charge in [0.2, 0.25) is 0 Å². The summed E-state index contributed by atoms with van der Waals surface area (Å²) in [5.41, 5.74) is 1.96. The molecule has 0 saturated heterocycles. The molecule has 0 radical (unpaired) electrons. The summed E-state index contributed by atoms with van der Waals surface area (Å²) >= 11 is 0. The Kier molecular flexibility index (Phi) is 4.39. The lowest BCUT2D eigenvalue weighted by atomic mass is 10.2. The van der Waals surface area contributed by atoms with Gasteiger partial charge in [-0.05, 0) is 23.7 Å². The maximum absolute atomic E-state index is 9.11. The second kappa shape index (κ2) is 5.86. The van der Waals surface area contributed by atoms with Crippen molar-refractivity contribution in [1.82, 2.24) is 9.78 Å². The molecule has 0 aliphatic rings. The third-order valence-electron chi connectivity index (χ3n) is 3.10. The molecule has 2 rings (SSSR count). The van der Waals surface area contributed by atoms with E-state index in [-0.39, 0.29) is 6.61 Å². The number of aliphatic hydroxyl groups is 1. The van der Waals surface area contributed by atoms with E-state index in [1.54, 1.807) is 0 Å². The fourth-order valence-corrected chi connectivity index (χ4v) is 2.62. The van der Waals surface area contributed by atoms with Crippen molar-refractivity contribution in [2.24, 2.45) is 0 Å². The van der Waals surface area contributed by atoms with Gasteiger partial charge in [0, 0.05) is 20.1 Å². The van der Waals surface area contributed by atoms with Crippen LogP contribution >= 0.6 is 0 Å². The molecule has 0 aliphatic heterocycles. The van der Waals surface area contributed by atoms with Crippen molar-refractivity contribution in [3.05, 3.63) is 30.0 Å². The van der Waals surface area contributed by atoms with Crippen LogP contribution in [-0.2, 0) is 18.1 Å². The second-order valence-electron chi connectivity index (χ2n) is 6.04. The van der Waals surface area contributed by atoms with Crippen LogP contribution < -0.4 is 0 Å². The average Bonchev–Trinajstić information content (AvgIpc) is 2.75. The number of aromatic nitrogens is 2. The number of fused-ring (bicyclic) bond motifs is 1. The standard InChI is InChI=1S/C14H22N2O2Si/c1-19(2,3)7-6-18-11-16-14-5-4-12(10-17)8-13(14)9-15-16/h4-5,8-9,17H,6-7,10-11H2,1-3H3. The summed E-state index contributed by atoms with van der Waals surface area (Å²) in [6.45, 7) is 8.38. The highest BCUT2D eigenvalue weighted by atomic mass is 28.3. The van der Waals surface area contributed by atoms with Gasteiger partial charge in [0.1, 0.15) is 6.73 Å². The fraction of sp³-hybridized carbons (Fsp3) is 0.500. The molecular formula is C14H22N2O2Si. The van der Waals surface area contributed by atoms with Crippen molar-refractivity contribution in [2.75, 3.05) is 6.61 Å². The number of aliphatic hydroxyl groups excluding tert-OH is 1. The zero-order valence-corrected chi connectivity index (χ0v) is 12.9. The molecule has 2 aromatic rings. The minimum atomic E-state index is -1.03. The first-order valence-corrected chi connectivity index (χ1v) is 10.3. The summed E-state index contributed by atoms with van der Waals surface area (Å²) in [6, 6.07) is 7.03. The molecule has 19 heavy (non-hydrogen) atoms. The van der Waals surface area contributed by atoms with Gasteiger partial charge in [-0.15, -0.1) is 0 Å². The normalized spacial score (nSPS) is 12.2. The largest absolute Gasteiger partial charge is 0.392 e. The van der Waals surface area contributed by atoms with Gasteiger partial charge in [0.25, 0.3) is 0 Å². The van der Waals surface area contributed by atoms with E-state index in [0.29, 0.717) is 6.73 Å². The van der Waals surface area contributed by atoms with Crippen molar-refractivity contribution in [2.45, 2.75) is 39.0 Å². The van der Waals surface area contributed by atoms with E-state index < -0.39 is 8.07 Å². The van der Waals surface area contributed by atoms with Crippen LogP contribution in [0.15, 0.2) is 24.4 Å². The second-order valence-corrected chi connectivity index (χ2v) is 11.7. The molecule has 1 heterocycles. The van der Waals surface area contributed by atoms with Crippen LogP contribution in [-0.4, -0.2) is 29.6 Å². The molecule has 0 unspecified atom stereocenters. The quantitative estimate of drug-likeness (QED) is 0.653. The lowest BCUT2D eigenvalue weighted by Gasteiger charge is -2.15. The van der Waals surface area contributed by atoms with Gasteiger partial charge in [-0.1, -0.05) is 25.7 Å². The highest BCUT2D eigenvalue weighted by Gasteiger charge is 2.12. The maximum atomic E-state index is 9.11. The average molecular weight is 278 g/mol. The fourth-order valence-electron chi connectivity index (χ4n) is 1.87. The maximum Gasteiger partial charge on any atom is 0.139 e. The number of benzene rings is 1. The Morgan fingerprint density at radius 1 is 1.32 bits per heavy atom. The Morgan fingerprint density at radius 3 is 2.79 bits per heavy atom. The van der Waals surface area contributed by atoms with Gasteiger partial charge in [-0.2, -0.15) is 5.10 Å². The molecule has 0 bridgehead atoms. The lowest BCUT2D eigenvalue weighted by Crippen LogP contribution is -2.22. The third-order valence-corrected chi connectivity index (χ3v) is 4.80. The number of rotatable bonds is 6. The molecule has 0 saturated carbocycles. The zero-order valence-electron chi connectivity index (χ0n) is 11.9. The molecule has 0 aliphatic carbocycles. The predicted molar refractivity (Wildman–Crippen MR) is 79.8 cm³/mol. The van der Waals surface area contributed by atoms with Crippen LogP contribution in [0.1, 0.15) is 5.56 Å². The minimum Gasteiger partial charge on any atom is -0.392 e. The topological polar surface area (TPSA) is 47.3 Å². The molecule has 4 nitrogen and oxygen atoms in total. The Labute approximate surface area is 115 Å². The number of nitrogens with zero attached hydrogens (tertiary/aromatic N) is 2. The molecule has 1 aromatic heterocycles. The van der Waals surface area contributed by atoms with Gasteiger partial charge >= 0.3 is 0 Å². The third kappa shape index (κ3) is 3.89. The monoisotopic (exact) mass is 278 g/mol. The molecular weight excluding hydrogens is 256 g/mol. The summed E-state index contributed by atoms with van der Waals surface area (Å²) < 4.78 is 7.57. The minimum absolute atomic E-state index is 0.0633. The van der Waals surface area contributed by atoms with E-state index in [4.69, 9.17) is 9.84 Å². The molecule has 0 spiro atoms. The summed E-state index contributed by atoms with van der Waals surface area (Å²) in [7, 11) is -1.03. The van der Waals surface area contributed by atoms with Gasteiger partial charge in [-0.25, -0.2) is 4.68 Å².